The van der Waals surface area contributed by atoms with Gasteiger partial charge in [0.1, 0.15) is 17.2 Å². The molecule has 1 fully saturated rings. The predicted molar refractivity (Wildman–Crippen MR) is 67.9 cm³/mol. The molecule has 1 saturated heterocycles. The van der Waals surface area contributed by atoms with Crippen LogP contribution in [0.1, 0.15) is 30.9 Å². The van der Waals surface area contributed by atoms with Crippen molar-refractivity contribution in [2.75, 3.05) is 11.5 Å². The van der Waals surface area contributed by atoms with Gasteiger partial charge in [0.05, 0.1) is 0 Å². The van der Waals surface area contributed by atoms with Crippen molar-refractivity contribution < 1.29 is 9.13 Å². The van der Waals surface area contributed by atoms with Gasteiger partial charge >= 0.3 is 0 Å². The number of ether oxygens (including phenoxy) is 1. The van der Waals surface area contributed by atoms with Crippen LogP contribution in [-0.2, 0) is 0 Å². The first kappa shape index (κ1) is 11.4. The number of hydrogen-bond acceptors (Lipinski definition) is 3. The lowest BCUT2D eigenvalue weighted by atomic mass is 9.85. The summed E-state index contributed by atoms with van der Waals surface area (Å²) < 4.78 is 19.3. The van der Waals surface area contributed by atoms with Crippen LogP contribution in [0.2, 0.25) is 0 Å². The van der Waals surface area contributed by atoms with Crippen molar-refractivity contribution in [3.8, 4) is 5.75 Å². The normalized spacial score (nSPS) is 32.0. The highest BCUT2D eigenvalue weighted by molar-refractivity contribution is 7.99. The van der Waals surface area contributed by atoms with E-state index in [4.69, 9.17) is 10.5 Å². The second-order valence-electron chi connectivity index (χ2n) is 4.93. The second-order valence-corrected chi connectivity index (χ2v) is 6.04. The largest absolute Gasteiger partial charge is 0.486 e. The molecule has 2 aliphatic rings. The van der Waals surface area contributed by atoms with E-state index in [-0.39, 0.29) is 17.5 Å². The van der Waals surface area contributed by atoms with E-state index < -0.39 is 0 Å². The zero-order valence-electron chi connectivity index (χ0n) is 9.62. The molecule has 17 heavy (non-hydrogen) atoms. The van der Waals surface area contributed by atoms with Crippen molar-refractivity contribution in [2.45, 2.75) is 30.9 Å². The molecule has 2 unspecified atom stereocenters. The maximum absolute atomic E-state index is 13.2. The molecule has 92 valence electrons. The summed E-state index contributed by atoms with van der Waals surface area (Å²) in [7, 11) is 0. The topological polar surface area (TPSA) is 35.2 Å². The summed E-state index contributed by atoms with van der Waals surface area (Å²) in [6, 6.07) is 4.56. The maximum atomic E-state index is 13.2. The summed E-state index contributed by atoms with van der Waals surface area (Å²) in [6.45, 7) is 0. The van der Waals surface area contributed by atoms with Gasteiger partial charge in [-0.2, -0.15) is 11.8 Å². The van der Waals surface area contributed by atoms with Crippen LogP contribution < -0.4 is 10.5 Å². The van der Waals surface area contributed by atoms with Crippen LogP contribution in [0.15, 0.2) is 18.2 Å². The highest BCUT2D eigenvalue weighted by Gasteiger charge is 2.41. The van der Waals surface area contributed by atoms with E-state index in [1.165, 1.54) is 24.3 Å². The molecule has 0 aromatic heterocycles. The van der Waals surface area contributed by atoms with Gasteiger partial charge in [-0.05, 0) is 36.8 Å². The van der Waals surface area contributed by atoms with E-state index >= 15 is 0 Å². The second kappa shape index (κ2) is 4.18. The molecule has 0 amide bonds. The van der Waals surface area contributed by atoms with Gasteiger partial charge in [-0.3, -0.25) is 0 Å². The van der Waals surface area contributed by atoms with Gasteiger partial charge in [-0.15, -0.1) is 0 Å². The number of rotatable bonds is 0. The van der Waals surface area contributed by atoms with Crippen LogP contribution in [0.5, 0.6) is 5.75 Å². The Labute approximate surface area is 105 Å². The minimum absolute atomic E-state index is 0.104. The van der Waals surface area contributed by atoms with E-state index in [1.54, 1.807) is 6.07 Å². The third kappa shape index (κ3) is 2.04. The molecule has 3 rings (SSSR count). The molecule has 1 aromatic carbocycles. The first-order valence-corrected chi connectivity index (χ1v) is 7.16. The molecule has 0 saturated carbocycles. The molecule has 2 atom stereocenters. The summed E-state index contributed by atoms with van der Waals surface area (Å²) in [5.74, 6) is 2.73. The number of fused-ring (bicyclic) bond motifs is 1. The predicted octanol–water partition coefficient (Wildman–Crippen LogP) is 2.87. The fourth-order valence-electron chi connectivity index (χ4n) is 2.76. The van der Waals surface area contributed by atoms with Gasteiger partial charge in [0, 0.05) is 23.8 Å². The third-order valence-corrected chi connectivity index (χ3v) is 4.88. The number of thioether (sulfide) groups is 1. The summed E-state index contributed by atoms with van der Waals surface area (Å²) in [4.78, 5) is 0. The van der Waals surface area contributed by atoms with Gasteiger partial charge in [0.25, 0.3) is 0 Å². The molecule has 1 spiro atoms. The average Bonchev–Trinajstić information content (AvgIpc) is 2.31. The van der Waals surface area contributed by atoms with Crippen LogP contribution in [0, 0.1) is 5.82 Å². The highest BCUT2D eigenvalue weighted by atomic mass is 32.2. The van der Waals surface area contributed by atoms with Crippen LogP contribution >= 0.6 is 11.8 Å². The van der Waals surface area contributed by atoms with E-state index in [9.17, 15) is 4.39 Å². The maximum Gasteiger partial charge on any atom is 0.125 e. The first-order valence-electron chi connectivity index (χ1n) is 6.00. The zero-order chi connectivity index (χ0) is 11.9. The Kier molecular flexibility index (Phi) is 2.79. The number of nitrogens with two attached hydrogens (primary N) is 1. The molecule has 2 aliphatic heterocycles. The first-order chi connectivity index (χ1) is 8.19. The van der Waals surface area contributed by atoms with Gasteiger partial charge in [0.15, 0.2) is 0 Å². The van der Waals surface area contributed by atoms with Crippen LogP contribution in [0.3, 0.4) is 0 Å². The Morgan fingerprint density at radius 3 is 3.12 bits per heavy atom. The van der Waals surface area contributed by atoms with E-state index in [1.807, 2.05) is 11.8 Å². The zero-order valence-corrected chi connectivity index (χ0v) is 10.4. The molecular weight excluding hydrogens is 237 g/mol. The van der Waals surface area contributed by atoms with Gasteiger partial charge in [0.2, 0.25) is 0 Å². The lowest BCUT2D eigenvalue weighted by Gasteiger charge is -2.43. The molecule has 0 radical (unpaired) electrons. The number of benzene rings is 1. The lowest BCUT2D eigenvalue weighted by molar-refractivity contribution is 0.0470. The average molecular weight is 253 g/mol. The van der Waals surface area contributed by atoms with Crippen molar-refractivity contribution in [1.82, 2.24) is 0 Å². The summed E-state index contributed by atoms with van der Waals surface area (Å²) >= 11 is 1.93. The van der Waals surface area contributed by atoms with Gasteiger partial charge in [-0.1, -0.05) is 0 Å². The quantitative estimate of drug-likeness (QED) is 0.772. The number of halogens is 1. The third-order valence-electron chi connectivity index (χ3n) is 3.58. The van der Waals surface area contributed by atoms with Crippen molar-refractivity contribution in [3.63, 3.8) is 0 Å². The van der Waals surface area contributed by atoms with Crippen molar-refractivity contribution in [3.05, 3.63) is 29.6 Å². The lowest BCUT2D eigenvalue weighted by Crippen LogP contribution is -2.46. The Morgan fingerprint density at radius 1 is 1.47 bits per heavy atom. The van der Waals surface area contributed by atoms with E-state index in [0.717, 1.165) is 29.9 Å². The van der Waals surface area contributed by atoms with Gasteiger partial charge in [-0.25, -0.2) is 4.39 Å². The van der Waals surface area contributed by atoms with Crippen molar-refractivity contribution in [1.29, 1.82) is 0 Å². The molecule has 0 bridgehead atoms. The fourth-order valence-corrected chi connectivity index (χ4v) is 3.94. The standard InChI is InChI=1S/C13H16FNOS/c14-9-2-3-12-10(6-9)11(15)7-13(16-12)4-1-5-17-8-13/h2-3,6,11H,1,4-5,7-8,15H2. The smallest absolute Gasteiger partial charge is 0.125 e. The van der Waals surface area contributed by atoms with E-state index in [2.05, 4.69) is 0 Å². The Bertz CT molecular complexity index is 431. The summed E-state index contributed by atoms with van der Waals surface area (Å²) in [5, 5.41) is 0. The van der Waals surface area contributed by atoms with Crippen molar-refractivity contribution in [2.24, 2.45) is 5.73 Å². The SMILES string of the molecule is NC1CC2(CCCSC2)Oc2ccc(F)cc21. The van der Waals surface area contributed by atoms with Gasteiger partial charge < -0.3 is 10.5 Å². The Morgan fingerprint density at radius 2 is 2.35 bits per heavy atom. The molecule has 4 heteroatoms. The van der Waals surface area contributed by atoms with Crippen LogP contribution in [0.4, 0.5) is 4.39 Å². The monoisotopic (exact) mass is 253 g/mol. The Hall–Kier alpha value is -0.740. The minimum atomic E-state index is -0.239. The number of hydrogen-bond donors (Lipinski definition) is 1. The molecule has 1 aromatic rings. The molecule has 2 heterocycles. The highest BCUT2D eigenvalue weighted by Crippen LogP contribution is 2.44. The van der Waals surface area contributed by atoms with Crippen molar-refractivity contribution >= 4 is 11.8 Å². The molecule has 2 nitrogen and oxygen atoms in total. The fraction of sp³-hybridized carbons (Fsp3) is 0.538. The van der Waals surface area contributed by atoms with Crippen LogP contribution in [0.25, 0.3) is 0 Å². The minimum Gasteiger partial charge on any atom is -0.486 e. The molecule has 0 aliphatic carbocycles. The molecular formula is C13H16FNOS. The Balaban J connectivity index is 1.94. The van der Waals surface area contributed by atoms with Crippen LogP contribution in [-0.4, -0.2) is 17.1 Å². The summed E-state index contributed by atoms with van der Waals surface area (Å²) in [5.41, 5.74) is 6.86. The molecule has 2 N–H and O–H groups in total. The van der Waals surface area contributed by atoms with E-state index in [0.29, 0.717) is 0 Å². The summed E-state index contributed by atoms with van der Waals surface area (Å²) in [6.07, 6.45) is 3.04.